The van der Waals surface area contributed by atoms with E-state index in [4.69, 9.17) is 27.9 Å². The third kappa shape index (κ3) is 5.32. The number of halogens is 3. The fraction of sp³-hybridized carbons (Fsp3) is 0.136. The number of ether oxygens (including phenoxy) is 1. The Kier molecular flexibility index (Phi) is 7.28. The number of benzene rings is 3. The first-order valence-electron chi connectivity index (χ1n) is 9.29. The third-order valence-electron chi connectivity index (χ3n) is 4.49. The predicted octanol–water partition coefficient (Wildman–Crippen LogP) is 5.28. The van der Waals surface area contributed by atoms with Gasteiger partial charge in [0.05, 0.1) is 23.5 Å². The van der Waals surface area contributed by atoms with Crippen molar-refractivity contribution in [3.05, 3.63) is 82.1 Å². The average Bonchev–Trinajstić information content (AvgIpc) is 2.75. The molecule has 1 N–H and O–H groups in total. The zero-order chi connectivity index (χ0) is 23.5. The summed E-state index contributed by atoms with van der Waals surface area (Å²) in [5.74, 6) is -1.11. The number of nitrogens with zero attached hydrogens (tertiary/aromatic N) is 1. The van der Waals surface area contributed by atoms with Crippen LogP contribution in [0.1, 0.15) is 5.56 Å². The molecule has 0 saturated carbocycles. The fourth-order valence-electron chi connectivity index (χ4n) is 2.94. The largest absolute Gasteiger partial charge is 0.495 e. The monoisotopic (exact) mass is 496 g/mol. The molecule has 0 bridgehead atoms. The summed E-state index contributed by atoms with van der Waals surface area (Å²) in [6, 6.07) is 13.9. The number of anilines is 2. The molecule has 3 aromatic rings. The SMILES string of the molecule is COc1ccc(C)cc1S(=O)(=O)N(CC(=O)Nc1cc(Cl)ccc1Cl)c1ccc(F)cc1. The Morgan fingerprint density at radius 1 is 1.06 bits per heavy atom. The van der Waals surface area contributed by atoms with Crippen molar-refractivity contribution in [3.63, 3.8) is 0 Å². The summed E-state index contributed by atoms with van der Waals surface area (Å²) < 4.78 is 46.7. The molecule has 10 heteroatoms. The van der Waals surface area contributed by atoms with Crippen molar-refractivity contribution >= 4 is 50.5 Å². The molecule has 0 fully saturated rings. The molecule has 0 heterocycles. The molecule has 0 spiro atoms. The van der Waals surface area contributed by atoms with Crippen LogP contribution in [-0.2, 0) is 14.8 Å². The lowest BCUT2D eigenvalue weighted by Crippen LogP contribution is -2.38. The topological polar surface area (TPSA) is 75.7 Å². The van der Waals surface area contributed by atoms with Crippen molar-refractivity contribution in [1.29, 1.82) is 0 Å². The van der Waals surface area contributed by atoms with E-state index in [1.807, 2.05) is 0 Å². The first kappa shape index (κ1) is 23.8. The van der Waals surface area contributed by atoms with Crippen LogP contribution in [0.5, 0.6) is 5.75 Å². The molecule has 32 heavy (non-hydrogen) atoms. The van der Waals surface area contributed by atoms with E-state index in [1.54, 1.807) is 19.1 Å². The standard InChI is InChI=1S/C22H19Cl2FN2O4S/c1-14-3-10-20(31-2)21(11-14)32(29,30)27(17-7-5-16(25)6-8-17)13-22(28)26-19-12-15(23)4-9-18(19)24/h3-12H,13H2,1-2H3,(H,26,28). The van der Waals surface area contributed by atoms with Gasteiger partial charge in [-0.2, -0.15) is 0 Å². The van der Waals surface area contributed by atoms with E-state index in [9.17, 15) is 17.6 Å². The number of amides is 1. The highest BCUT2D eigenvalue weighted by Crippen LogP contribution is 2.31. The molecule has 0 radical (unpaired) electrons. The smallest absolute Gasteiger partial charge is 0.268 e. The fourth-order valence-corrected chi connectivity index (χ4v) is 4.94. The number of sulfonamides is 1. The second kappa shape index (κ2) is 9.77. The normalized spacial score (nSPS) is 11.2. The second-order valence-corrected chi connectivity index (χ2v) is 9.49. The van der Waals surface area contributed by atoms with Crippen LogP contribution in [0.3, 0.4) is 0 Å². The molecule has 0 saturated heterocycles. The summed E-state index contributed by atoms with van der Waals surface area (Å²) in [5, 5.41) is 3.14. The minimum atomic E-state index is -4.27. The number of methoxy groups -OCH3 is 1. The van der Waals surface area contributed by atoms with Gasteiger partial charge in [0, 0.05) is 5.02 Å². The van der Waals surface area contributed by atoms with Crippen LogP contribution in [0, 0.1) is 12.7 Å². The summed E-state index contributed by atoms with van der Waals surface area (Å²) in [7, 11) is -2.92. The molecular formula is C22H19Cl2FN2O4S. The van der Waals surface area contributed by atoms with Crippen LogP contribution in [-0.4, -0.2) is 28.0 Å². The van der Waals surface area contributed by atoms with Crippen molar-refractivity contribution in [3.8, 4) is 5.75 Å². The first-order chi connectivity index (χ1) is 15.1. The molecule has 3 aromatic carbocycles. The van der Waals surface area contributed by atoms with Gasteiger partial charge in [-0.25, -0.2) is 12.8 Å². The third-order valence-corrected chi connectivity index (χ3v) is 6.85. The summed E-state index contributed by atoms with van der Waals surface area (Å²) in [4.78, 5) is 12.7. The van der Waals surface area contributed by atoms with Crippen molar-refractivity contribution in [2.75, 3.05) is 23.3 Å². The minimum Gasteiger partial charge on any atom is -0.495 e. The lowest BCUT2D eigenvalue weighted by Gasteiger charge is -2.25. The lowest BCUT2D eigenvalue weighted by atomic mass is 10.2. The number of nitrogens with one attached hydrogen (secondary N) is 1. The minimum absolute atomic E-state index is 0.0994. The maximum atomic E-state index is 13.6. The average molecular weight is 497 g/mol. The summed E-state index contributed by atoms with van der Waals surface area (Å²) in [5.41, 5.74) is 1.01. The van der Waals surface area contributed by atoms with Crippen molar-refractivity contribution in [2.45, 2.75) is 11.8 Å². The summed E-state index contributed by atoms with van der Waals surface area (Å²) >= 11 is 12.0. The Bertz CT molecular complexity index is 1250. The Labute approximate surface area is 195 Å². The van der Waals surface area contributed by atoms with Gasteiger partial charge in [0.2, 0.25) is 5.91 Å². The molecule has 0 aliphatic heterocycles. The van der Waals surface area contributed by atoms with E-state index < -0.39 is 28.3 Å². The van der Waals surface area contributed by atoms with Crippen molar-refractivity contribution in [2.24, 2.45) is 0 Å². The van der Waals surface area contributed by atoms with Crippen LogP contribution in [0.4, 0.5) is 15.8 Å². The number of carbonyl (C=O) groups is 1. The molecular weight excluding hydrogens is 478 g/mol. The van der Waals surface area contributed by atoms with Crippen molar-refractivity contribution in [1.82, 2.24) is 0 Å². The van der Waals surface area contributed by atoms with E-state index in [2.05, 4.69) is 5.32 Å². The molecule has 0 atom stereocenters. The first-order valence-corrected chi connectivity index (χ1v) is 11.5. The Hall–Kier alpha value is -2.81. The maximum absolute atomic E-state index is 13.6. The van der Waals surface area contributed by atoms with Gasteiger partial charge in [0.1, 0.15) is 23.0 Å². The quantitative estimate of drug-likeness (QED) is 0.482. The van der Waals surface area contributed by atoms with Gasteiger partial charge in [-0.1, -0.05) is 29.3 Å². The van der Waals surface area contributed by atoms with Crippen molar-refractivity contribution < 1.29 is 22.3 Å². The molecule has 168 valence electrons. The number of aryl methyl sites for hydroxylation is 1. The highest BCUT2D eigenvalue weighted by atomic mass is 35.5. The van der Waals surface area contributed by atoms with E-state index >= 15 is 0 Å². The highest BCUT2D eigenvalue weighted by molar-refractivity contribution is 7.93. The number of hydrogen-bond donors (Lipinski definition) is 1. The van der Waals surface area contributed by atoms with Gasteiger partial charge >= 0.3 is 0 Å². The van der Waals surface area contributed by atoms with Crippen LogP contribution in [0.2, 0.25) is 10.0 Å². The van der Waals surface area contributed by atoms with Gasteiger partial charge in [-0.3, -0.25) is 9.10 Å². The predicted molar refractivity (Wildman–Crippen MR) is 124 cm³/mol. The number of hydrogen-bond acceptors (Lipinski definition) is 4. The molecule has 3 rings (SSSR count). The van der Waals surface area contributed by atoms with Gasteiger partial charge in [-0.15, -0.1) is 0 Å². The van der Waals surface area contributed by atoms with Crippen LogP contribution >= 0.6 is 23.2 Å². The Morgan fingerprint density at radius 2 is 1.75 bits per heavy atom. The van der Waals surface area contributed by atoms with E-state index in [0.717, 1.165) is 16.4 Å². The maximum Gasteiger partial charge on any atom is 0.268 e. The zero-order valence-electron chi connectivity index (χ0n) is 17.1. The summed E-state index contributed by atoms with van der Waals surface area (Å²) in [6.07, 6.45) is 0. The molecule has 0 aromatic heterocycles. The molecule has 1 amide bonds. The van der Waals surface area contributed by atoms with Crippen LogP contribution < -0.4 is 14.4 Å². The van der Waals surface area contributed by atoms with Crippen LogP contribution in [0.25, 0.3) is 0 Å². The van der Waals surface area contributed by atoms with E-state index in [-0.39, 0.29) is 27.0 Å². The molecule has 0 aliphatic carbocycles. The summed E-state index contributed by atoms with van der Waals surface area (Å²) in [6.45, 7) is 1.13. The van der Waals surface area contributed by atoms with E-state index in [1.165, 1.54) is 43.5 Å². The van der Waals surface area contributed by atoms with Gasteiger partial charge < -0.3 is 10.1 Å². The number of carbonyl (C=O) groups excluding carboxylic acids is 1. The Balaban J connectivity index is 2.03. The molecule has 0 aliphatic rings. The van der Waals surface area contributed by atoms with Crippen LogP contribution in [0.15, 0.2) is 65.6 Å². The molecule has 6 nitrogen and oxygen atoms in total. The number of rotatable bonds is 7. The van der Waals surface area contributed by atoms with Gasteiger partial charge in [0.25, 0.3) is 10.0 Å². The van der Waals surface area contributed by atoms with Gasteiger partial charge in [-0.05, 0) is 67.1 Å². The zero-order valence-corrected chi connectivity index (χ0v) is 19.4. The van der Waals surface area contributed by atoms with Gasteiger partial charge in [0.15, 0.2) is 0 Å². The molecule has 0 unspecified atom stereocenters. The second-order valence-electron chi connectivity index (χ2n) is 6.81. The van der Waals surface area contributed by atoms with E-state index in [0.29, 0.717) is 10.6 Å². The highest BCUT2D eigenvalue weighted by Gasteiger charge is 2.30. The lowest BCUT2D eigenvalue weighted by molar-refractivity contribution is -0.114. The Morgan fingerprint density at radius 3 is 2.41 bits per heavy atom.